The third-order valence-electron chi connectivity index (χ3n) is 4.13. The molecule has 1 aromatic carbocycles. The third kappa shape index (κ3) is 6.81. The summed E-state index contributed by atoms with van der Waals surface area (Å²) in [4.78, 5) is 11.8. The van der Waals surface area contributed by atoms with Gasteiger partial charge in [0.15, 0.2) is 0 Å². The molecule has 1 aliphatic rings. The smallest absolute Gasteiger partial charge is 0.412 e. The van der Waals surface area contributed by atoms with Crippen LogP contribution < -0.4 is 10.6 Å². The molecule has 0 aliphatic heterocycles. The zero-order chi connectivity index (χ0) is 17.7. The van der Waals surface area contributed by atoms with Crippen LogP contribution in [0.2, 0.25) is 0 Å². The van der Waals surface area contributed by atoms with E-state index in [9.17, 15) is 4.79 Å². The van der Waals surface area contributed by atoms with Crippen molar-refractivity contribution in [1.29, 1.82) is 0 Å². The van der Waals surface area contributed by atoms with Crippen LogP contribution in [-0.2, 0) is 4.74 Å². The van der Waals surface area contributed by atoms with E-state index in [2.05, 4.69) is 24.5 Å². The molecule has 24 heavy (non-hydrogen) atoms. The number of amides is 1. The van der Waals surface area contributed by atoms with Crippen molar-refractivity contribution in [2.45, 2.75) is 71.9 Å². The first kappa shape index (κ1) is 18.6. The third-order valence-corrected chi connectivity index (χ3v) is 4.13. The van der Waals surface area contributed by atoms with Gasteiger partial charge >= 0.3 is 6.09 Å². The van der Waals surface area contributed by atoms with Gasteiger partial charge in [0, 0.05) is 17.4 Å². The van der Waals surface area contributed by atoms with Gasteiger partial charge in [-0.2, -0.15) is 0 Å². The van der Waals surface area contributed by atoms with E-state index in [1.54, 1.807) is 0 Å². The molecule has 0 spiro atoms. The van der Waals surface area contributed by atoms with Crippen molar-refractivity contribution in [3.05, 3.63) is 24.3 Å². The van der Waals surface area contributed by atoms with Gasteiger partial charge in [-0.3, -0.25) is 5.32 Å². The van der Waals surface area contributed by atoms with Gasteiger partial charge < -0.3 is 10.1 Å². The molecule has 1 fully saturated rings. The average Bonchev–Trinajstić information content (AvgIpc) is 3.27. The molecule has 0 heterocycles. The lowest BCUT2D eigenvalue weighted by Crippen LogP contribution is -2.27. The van der Waals surface area contributed by atoms with Gasteiger partial charge in [0.1, 0.15) is 5.60 Å². The van der Waals surface area contributed by atoms with E-state index in [1.165, 1.54) is 25.7 Å². The SMILES string of the molecule is CC(C)CCC(Nc1ccc(NC(=O)OC(C)(C)C)cc1)C1CC1. The summed E-state index contributed by atoms with van der Waals surface area (Å²) in [6.07, 6.45) is 4.74. The predicted octanol–water partition coefficient (Wildman–Crippen LogP) is 5.66. The molecule has 0 aromatic heterocycles. The minimum atomic E-state index is -0.487. The molecule has 1 atom stereocenters. The van der Waals surface area contributed by atoms with E-state index >= 15 is 0 Å². The first-order chi connectivity index (χ1) is 11.2. The fraction of sp³-hybridized carbons (Fsp3) is 0.650. The summed E-state index contributed by atoms with van der Waals surface area (Å²) in [6, 6.07) is 8.45. The lowest BCUT2D eigenvalue weighted by molar-refractivity contribution is 0.0636. The minimum absolute atomic E-state index is 0.420. The summed E-state index contributed by atoms with van der Waals surface area (Å²) in [6.45, 7) is 10.1. The second-order valence-electron chi connectivity index (χ2n) is 8.26. The van der Waals surface area contributed by atoms with Crippen LogP contribution in [0.4, 0.5) is 16.2 Å². The number of anilines is 2. The van der Waals surface area contributed by atoms with Gasteiger partial charge in [0.2, 0.25) is 0 Å². The van der Waals surface area contributed by atoms with Crippen LogP contribution in [-0.4, -0.2) is 17.7 Å². The summed E-state index contributed by atoms with van der Waals surface area (Å²) in [5, 5.41) is 6.44. The number of carbonyl (C=O) groups excluding carboxylic acids is 1. The van der Waals surface area contributed by atoms with Gasteiger partial charge in [-0.25, -0.2) is 4.79 Å². The Bertz CT molecular complexity index is 528. The van der Waals surface area contributed by atoms with Crippen molar-refractivity contribution in [1.82, 2.24) is 0 Å². The van der Waals surface area contributed by atoms with E-state index in [1.807, 2.05) is 45.0 Å². The molecular formula is C20H32N2O2. The van der Waals surface area contributed by atoms with Crippen molar-refractivity contribution >= 4 is 17.5 Å². The zero-order valence-electron chi connectivity index (χ0n) is 15.7. The van der Waals surface area contributed by atoms with Gasteiger partial charge in [-0.15, -0.1) is 0 Å². The first-order valence-electron chi connectivity index (χ1n) is 9.09. The molecule has 1 aliphatic carbocycles. The molecule has 2 N–H and O–H groups in total. The normalized spacial score (nSPS) is 15.9. The highest BCUT2D eigenvalue weighted by molar-refractivity contribution is 5.85. The van der Waals surface area contributed by atoms with Crippen LogP contribution >= 0.6 is 0 Å². The molecule has 1 unspecified atom stereocenters. The van der Waals surface area contributed by atoms with Crippen LogP contribution in [0.15, 0.2) is 24.3 Å². The number of hydrogen-bond acceptors (Lipinski definition) is 3. The maximum absolute atomic E-state index is 11.8. The Hall–Kier alpha value is -1.71. The Morgan fingerprint density at radius 1 is 1.12 bits per heavy atom. The molecular weight excluding hydrogens is 300 g/mol. The second-order valence-corrected chi connectivity index (χ2v) is 8.26. The highest BCUT2D eigenvalue weighted by atomic mass is 16.6. The van der Waals surface area contributed by atoms with Crippen molar-refractivity contribution in [2.24, 2.45) is 11.8 Å². The zero-order valence-corrected chi connectivity index (χ0v) is 15.7. The van der Waals surface area contributed by atoms with Crippen LogP contribution in [0, 0.1) is 11.8 Å². The van der Waals surface area contributed by atoms with Gasteiger partial charge in [-0.05, 0) is 82.6 Å². The summed E-state index contributed by atoms with van der Waals surface area (Å²) >= 11 is 0. The van der Waals surface area contributed by atoms with Gasteiger partial charge in [0.25, 0.3) is 0 Å². The molecule has 1 saturated carbocycles. The number of hydrogen-bond donors (Lipinski definition) is 2. The van der Waals surface area contributed by atoms with Crippen molar-refractivity contribution in [2.75, 3.05) is 10.6 Å². The first-order valence-corrected chi connectivity index (χ1v) is 9.09. The van der Waals surface area contributed by atoms with E-state index < -0.39 is 11.7 Å². The maximum atomic E-state index is 11.8. The molecule has 2 rings (SSSR count). The minimum Gasteiger partial charge on any atom is -0.444 e. The molecule has 134 valence electrons. The fourth-order valence-corrected chi connectivity index (χ4v) is 2.72. The van der Waals surface area contributed by atoms with E-state index in [0.29, 0.717) is 6.04 Å². The van der Waals surface area contributed by atoms with Crippen LogP contribution in [0.1, 0.15) is 60.3 Å². The Labute approximate surface area is 146 Å². The maximum Gasteiger partial charge on any atom is 0.412 e. The summed E-state index contributed by atoms with van der Waals surface area (Å²) in [7, 11) is 0. The molecule has 1 amide bonds. The van der Waals surface area contributed by atoms with Crippen molar-refractivity contribution in [3.63, 3.8) is 0 Å². The highest BCUT2D eigenvalue weighted by Gasteiger charge is 2.30. The standard InChI is InChI=1S/C20H32N2O2/c1-14(2)6-13-18(15-7-8-15)21-16-9-11-17(12-10-16)22-19(23)24-20(3,4)5/h9-12,14-15,18,21H,6-8,13H2,1-5H3,(H,22,23). The summed E-state index contributed by atoms with van der Waals surface area (Å²) in [5.41, 5.74) is 1.38. The van der Waals surface area contributed by atoms with Gasteiger partial charge in [0.05, 0.1) is 0 Å². The van der Waals surface area contributed by atoms with Crippen LogP contribution in [0.3, 0.4) is 0 Å². The number of ether oxygens (including phenoxy) is 1. The Balaban J connectivity index is 1.87. The number of carbonyl (C=O) groups is 1. The molecule has 4 heteroatoms. The van der Waals surface area contributed by atoms with E-state index in [0.717, 1.165) is 23.2 Å². The second kappa shape index (κ2) is 7.91. The number of rotatable bonds is 7. The molecule has 1 aromatic rings. The molecule has 0 radical (unpaired) electrons. The summed E-state index contributed by atoms with van der Waals surface area (Å²) < 4.78 is 5.26. The van der Waals surface area contributed by atoms with Crippen molar-refractivity contribution < 1.29 is 9.53 Å². The van der Waals surface area contributed by atoms with E-state index in [4.69, 9.17) is 4.74 Å². The predicted molar refractivity (Wildman–Crippen MR) is 101 cm³/mol. The monoisotopic (exact) mass is 332 g/mol. The molecule has 4 nitrogen and oxygen atoms in total. The number of benzene rings is 1. The average molecular weight is 332 g/mol. The van der Waals surface area contributed by atoms with E-state index in [-0.39, 0.29) is 0 Å². The lowest BCUT2D eigenvalue weighted by Gasteiger charge is -2.21. The molecule has 0 bridgehead atoms. The molecule has 0 saturated heterocycles. The highest BCUT2D eigenvalue weighted by Crippen LogP contribution is 2.36. The van der Waals surface area contributed by atoms with Crippen LogP contribution in [0.5, 0.6) is 0 Å². The summed E-state index contributed by atoms with van der Waals surface area (Å²) in [5.74, 6) is 1.57. The lowest BCUT2D eigenvalue weighted by atomic mass is 10.00. The quantitative estimate of drug-likeness (QED) is 0.677. The number of nitrogens with one attached hydrogen (secondary N) is 2. The van der Waals surface area contributed by atoms with Crippen LogP contribution in [0.25, 0.3) is 0 Å². The Morgan fingerprint density at radius 3 is 2.21 bits per heavy atom. The largest absolute Gasteiger partial charge is 0.444 e. The Morgan fingerprint density at radius 2 is 1.71 bits per heavy atom. The fourth-order valence-electron chi connectivity index (χ4n) is 2.72. The Kier molecular flexibility index (Phi) is 6.14. The van der Waals surface area contributed by atoms with Gasteiger partial charge in [-0.1, -0.05) is 13.8 Å². The van der Waals surface area contributed by atoms with Crippen molar-refractivity contribution in [3.8, 4) is 0 Å². The topological polar surface area (TPSA) is 50.4 Å².